The molecule has 0 nitrogen and oxygen atoms in total. The molecule has 0 spiro atoms. The second-order valence-corrected chi connectivity index (χ2v) is 35.5. The van der Waals surface area contributed by atoms with E-state index in [0.29, 0.717) is 47.3 Å². The molecule has 0 saturated heterocycles. The molecule has 0 aliphatic rings. The van der Waals surface area contributed by atoms with Crippen LogP contribution in [0.5, 0.6) is 0 Å². The summed E-state index contributed by atoms with van der Waals surface area (Å²) < 4.78 is 7.24. The van der Waals surface area contributed by atoms with Crippen molar-refractivity contribution in [1.82, 2.24) is 0 Å². The van der Waals surface area contributed by atoms with Crippen LogP contribution in [0.15, 0.2) is 72.8 Å². The molecule has 0 bridgehead atoms. The summed E-state index contributed by atoms with van der Waals surface area (Å²) in [4.78, 5) is 0. The maximum atomic E-state index is 2.53. The van der Waals surface area contributed by atoms with E-state index in [1.165, 1.54) is 0 Å². The predicted octanol–water partition coefficient (Wildman–Crippen LogP) is 11.7. The monoisotopic (exact) mass is 792 g/mol. The van der Waals surface area contributed by atoms with E-state index in [9.17, 15) is 0 Å². The first kappa shape index (κ1) is 40.7. The molecule has 0 unspecified atom stereocenters. The van der Waals surface area contributed by atoms with E-state index in [4.69, 9.17) is 0 Å². The fourth-order valence-electron chi connectivity index (χ4n) is 8.11. The summed E-state index contributed by atoms with van der Waals surface area (Å²) in [6.45, 7) is 39.3. The molecule has 4 aromatic carbocycles. The molecule has 0 aromatic heterocycles. The molecule has 0 aliphatic heterocycles. The van der Waals surface area contributed by atoms with E-state index < -0.39 is 23.7 Å². The van der Waals surface area contributed by atoms with Crippen LogP contribution in [0.3, 0.4) is 0 Å². The molecule has 0 saturated carbocycles. The number of benzene rings is 4. The Bertz CT molecular complexity index is 1440. The Morgan fingerprint density at radius 2 is 0.360 bits per heavy atom. The van der Waals surface area contributed by atoms with Gasteiger partial charge in [-0.25, -0.2) is 0 Å². The molecule has 4 aromatic rings. The zero-order valence-corrected chi connectivity index (χ0v) is 38.7. The van der Waals surface area contributed by atoms with Crippen LogP contribution in [0, 0.1) is 0 Å². The predicted molar refractivity (Wildman–Crippen MR) is 229 cm³/mol. The second kappa shape index (κ2) is 17.2. The summed E-state index contributed by atoms with van der Waals surface area (Å²) in [6, 6.07) is 29.7. The molecule has 0 amide bonds. The molecule has 0 N–H and O–H groups in total. The summed E-state index contributed by atoms with van der Waals surface area (Å²) in [5.74, 6) is 3.73. The van der Waals surface area contributed by atoms with Gasteiger partial charge in [-0.2, -0.15) is 0 Å². The van der Waals surface area contributed by atoms with Crippen LogP contribution in [-0.4, -0.2) is 23.7 Å². The average Bonchev–Trinajstić information content (AvgIpc) is 3.05. The van der Waals surface area contributed by atoms with Gasteiger partial charge in [0, 0.05) is 0 Å². The SMILES string of the molecule is CC(C)c1cccc(C(C)C)[c]1[Ge]([c]1c(C(C)C)cccc1C(C)C)=[Ge]([c]1c(C(C)C)cccc1C(C)C)[c]1c(C(C)C)cccc1C(C)C. The fraction of sp³-hybridized carbons (Fsp3) is 0.500. The van der Waals surface area contributed by atoms with Crippen LogP contribution in [0.2, 0.25) is 0 Å². The van der Waals surface area contributed by atoms with Crippen molar-refractivity contribution in [3.8, 4) is 0 Å². The van der Waals surface area contributed by atoms with Crippen molar-refractivity contribution >= 4 is 41.3 Å². The zero-order chi connectivity index (χ0) is 37.2. The molecule has 0 fully saturated rings. The van der Waals surface area contributed by atoms with Gasteiger partial charge in [0.2, 0.25) is 0 Å². The molecular weight excluding hydrogens is 722 g/mol. The molecular formula is C48H68Ge2. The molecule has 4 rings (SSSR count). The van der Waals surface area contributed by atoms with Crippen LogP contribution in [0.4, 0.5) is 0 Å². The molecule has 2 heteroatoms. The van der Waals surface area contributed by atoms with E-state index in [1.54, 1.807) is 44.5 Å². The summed E-state index contributed by atoms with van der Waals surface area (Å²) >= 11 is -4.95. The molecule has 0 heterocycles. The number of hydrogen-bond acceptors (Lipinski definition) is 0. The average molecular weight is 790 g/mol. The number of hydrogen-bond donors (Lipinski definition) is 0. The van der Waals surface area contributed by atoms with Crippen molar-refractivity contribution in [2.24, 2.45) is 0 Å². The van der Waals surface area contributed by atoms with Crippen LogP contribution >= 0.6 is 0 Å². The van der Waals surface area contributed by atoms with Crippen molar-refractivity contribution < 1.29 is 0 Å². The van der Waals surface area contributed by atoms with Crippen molar-refractivity contribution in [2.75, 3.05) is 0 Å². The van der Waals surface area contributed by atoms with E-state index in [0.717, 1.165) is 0 Å². The van der Waals surface area contributed by atoms with Gasteiger partial charge in [0.15, 0.2) is 0 Å². The standard InChI is InChI=1S/C48H68Ge2/c1-29(2)37-21-17-22-38(30(3)4)45(37)49(46-39(31(5)6)23-18-24-40(46)32(7)8)50(47-41(33(9)10)25-19-26-42(47)34(11)12)48-43(35(13)14)27-20-28-44(48)36(15)16/h17-36H,1-16H3. The summed E-state index contributed by atoms with van der Waals surface area (Å²) in [5, 5.41) is 0. The van der Waals surface area contributed by atoms with E-state index in [2.05, 4.69) is 184 Å². The first-order chi connectivity index (χ1) is 23.5. The van der Waals surface area contributed by atoms with E-state index >= 15 is 0 Å². The Morgan fingerprint density at radius 1 is 0.240 bits per heavy atom. The Kier molecular flexibility index (Phi) is 14.0. The Labute approximate surface area is 314 Å². The van der Waals surface area contributed by atoms with Gasteiger partial charge in [-0.15, -0.1) is 0 Å². The fourth-order valence-corrected chi connectivity index (χ4v) is 45.8. The van der Waals surface area contributed by atoms with E-state index in [1.807, 2.05) is 17.6 Å². The molecule has 268 valence electrons. The third-order valence-electron chi connectivity index (χ3n) is 10.7. The second-order valence-electron chi connectivity index (χ2n) is 17.2. The first-order valence-electron chi connectivity index (χ1n) is 19.8. The van der Waals surface area contributed by atoms with Crippen molar-refractivity contribution in [3.63, 3.8) is 0 Å². The van der Waals surface area contributed by atoms with Gasteiger partial charge in [0.1, 0.15) is 0 Å². The van der Waals surface area contributed by atoms with Gasteiger partial charge in [-0.05, 0) is 0 Å². The molecule has 0 atom stereocenters. The minimum absolute atomic E-state index is 0.467. The Balaban J connectivity index is 2.66. The third kappa shape index (κ3) is 8.28. The topological polar surface area (TPSA) is 0 Å². The third-order valence-corrected chi connectivity index (χ3v) is 37.2. The normalized spacial score (nSPS) is 12.2. The van der Waals surface area contributed by atoms with Crippen LogP contribution in [0.1, 0.15) is 203 Å². The van der Waals surface area contributed by atoms with Gasteiger partial charge in [0.05, 0.1) is 0 Å². The van der Waals surface area contributed by atoms with Gasteiger partial charge < -0.3 is 0 Å². The molecule has 50 heavy (non-hydrogen) atoms. The van der Waals surface area contributed by atoms with Crippen molar-refractivity contribution in [1.29, 1.82) is 0 Å². The first-order valence-corrected chi connectivity index (χ1v) is 30.5. The molecule has 0 aliphatic carbocycles. The Morgan fingerprint density at radius 3 is 0.460 bits per heavy atom. The van der Waals surface area contributed by atoms with Crippen LogP contribution in [-0.2, 0) is 0 Å². The number of rotatable bonds is 12. The van der Waals surface area contributed by atoms with Gasteiger partial charge in [-0.1, -0.05) is 0 Å². The Hall–Kier alpha value is -2.03. The molecule has 0 radical (unpaired) electrons. The zero-order valence-electron chi connectivity index (χ0n) is 34.5. The summed E-state index contributed by atoms with van der Waals surface area (Å²) in [6.07, 6.45) is 0. The van der Waals surface area contributed by atoms with Crippen LogP contribution < -0.4 is 17.6 Å². The minimum atomic E-state index is -2.47. The van der Waals surface area contributed by atoms with Gasteiger partial charge >= 0.3 is 317 Å². The van der Waals surface area contributed by atoms with Gasteiger partial charge in [-0.3, -0.25) is 0 Å². The van der Waals surface area contributed by atoms with E-state index in [-0.39, 0.29) is 0 Å². The van der Waals surface area contributed by atoms with Crippen molar-refractivity contribution in [3.05, 3.63) is 117 Å². The summed E-state index contributed by atoms with van der Waals surface area (Å²) in [5.41, 5.74) is 12.9. The van der Waals surface area contributed by atoms with Crippen molar-refractivity contribution in [2.45, 2.75) is 158 Å². The van der Waals surface area contributed by atoms with Crippen LogP contribution in [0.25, 0.3) is 0 Å². The summed E-state index contributed by atoms with van der Waals surface area (Å²) in [7, 11) is 0. The quantitative estimate of drug-likeness (QED) is 0.125. The maximum absolute atomic E-state index is 2.53. The van der Waals surface area contributed by atoms with Gasteiger partial charge in [0.25, 0.3) is 0 Å².